The van der Waals surface area contributed by atoms with Gasteiger partial charge in [0, 0.05) is 35.5 Å². The molecule has 4 heteroatoms. The molecule has 1 aromatic heterocycles. The van der Waals surface area contributed by atoms with Crippen LogP contribution in [0.2, 0.25) is 0 Å². The summed E-state index contributed by atoms with van der Waals surface area (Å²) in [5.41, 5.74) is 6.26. The number of hydrogen-bond acceptors (Lipinski definition) is 4. The van der Waals surface area contributed by atoms with Gasteiger partial charge in [0.05, 0.1) is 7.11 Å². The third kappa shape index (κ3) is 2.49. The van der Waals surface area contributed by atoms with Crippen molar-refractivity contribution in [2.45, 2.75) is 45.6 Å². The Kier molecular flexibility index (Phi) is 4.19. The molecule has 1 aromatic rings. The lowest BCUT2D eigenvalue weighted by Gasteiger charge is -2.33. The van der Waals surface area contributed by atoms with Gasteiger partial charge in [-0.15, -0.1) is 0 Å². The van der Waals surface area contributed by atoms with E-state index in [0.29, 0.717) is 12.0 Å². The molecule has 3 N–H and O–H groups in total. The smallest absolute Gasteiger partial charge is 0.128 e. The molecule has 0 saturated heterocycles. The standard InChI is InChI=1S/C14H23N3O/c1-9-8-16-12(10(2)14(9)18-3)7-13(17-15)11-5-4-6-11/h8,11,13,17H,4-7,15H2,1-3H3. The van der Waals surface area contributed by atoms with Crippen molar-refractivity contribution in [1.82, 2.24) is 10.4 Å². The van der Waals surface area contributed by atoms with E-state index in [1.807, 2.05) is 13.1 Å². The van der Waals surface area contributed by atoms with Gasteiger partial charge >= 0.3 is 0 Å². The molecule has 0 bridgehead atoms. The normalized spacial score (nSPS) is 17.3. The third-order valence-electron chi connectivity index (χ3n) is 4.10. The summed E-state index contributed by atoms with van der Waals surface area (Å²) in [5, 5.41) is 0. The van der Waals surface area contributed by atoms with E-state index in [0.717, 1.165) is 29.0 Å². The number of nitrogens with one attached hydrogen (secondary N) is 1. The number of methoxy groups -OCH3 is 1. The van der Waals surface area contributed by atoms with Crippen molar-refractivity contribution in [3.63, 3.8) is 0 Å². The highest BCUT2D eigenvalue weighted by atomic mass is 16.5. The van der Waals surface area contributed by atoms with Crippen molar-refractivity contribution < 1.29 is 4.74 Å². The van der Waals surface area contributed by atoms with Gasteiger partial charge in [0.15, 0.2) is 0 Å². The fraction of sp³-hybridized carbons (Fsp3) is 0.643. The zero-order chi connectivity index (χ0) is 13.1. The Hall–Kier alpha value is -1.13. The topological polar surface area (TPSA) is 60.2 Å². The van der Waals surface area contributed by atoms with Crippen LogP contribution >= 0.6 is 0 Å². The van der Waals surface area contributed by atoms with Gasteiger partial charge in [-0.05, 0) is 32.6 Å². The zero-order valence-corrected chi connectivity index (χ0v) is 11.5. The molecule has 2 rings (SSSR count). The summed E-state index contributed by atoms with van der Waals surface area (Å²) in [6.45, 7) is 4.09. The Morgan fingerprint density at radius 1 is 1.50 bits per heavy atom. The summed E-state index contributed by atoms with van der Waals surface area (Å²) < 4.78 is 5.44. The Labute approximate surface area is 109 Å². The van der Waals surface area contributed by atoms with Crippen LogP contribution in [0.3, 0.4) is 0 Å². The van der Waals surface area contributed by atoms with Gasteiger partial charge in [-0.2, -0.15) is 0 Å². The van der Waals surface area contributed by atoms with Crippen LogP contribution in [0.5, 0.6) is 5.75 Å². The first-order chi connectivity index (χ1) is 8.67. The predicted octanol–water partition coefficient (Wildman–Crippen LogP) is 1.88. The molecule has 0 aliphatic heterocycles. The third-order valence-corrected chi connectivity index (χ3v) is 4.10. The summed E-state index contributed by atoms with van der Waals surface area (Å²) in [6, 6.07) is 0.331. The summed E-state index contributed by atoms with van der Waals surface area (Å²) in [5.74, 6) is 7.32. The molecule has 1 aliphatic carbocycles. The molecule has 18 heavy (non-hydrogen) atoms. The van der Waals surface area contributed by atoms with E-state index >= 15 is 0 Å². The average molecular weight is 249 g/mol. The lowest BCUT2D eigenvalue weighted by atomic mass is 9.78. The van der Waals surface area contributed by atoms with Crippen LogP contribution in [-0.4, -0.2) is 18.1 Å². The highest BCUT2D eigenvalue weighted by Gasteiger charge is 2.27. The number of nitrogens with zero attached hydrogens (tertiary/aromatic N) is 1. The maximum absolute atomic E-state index is 5.67. The second-order valence-electron chi connectivity index (χ2n) is 5.21. The summed E-state index contributed by atoms with van der Waals surface area (Å²) in [7, 11) is 1.71. The van der Waals surface area contributed by atoms with Crippen molar-refractivity contribution in [3.8, 4) is 5.75 Å². The van der Waals surface area contributed by atoms with Gasteiger partial charge in [0.1, 0.15) is 5.75 Å². The van der Waals surface area contributed by atoms with Crippen molar-refractivity contribution in [1.29, 1.82) is 0 Å². The molecule has 1 fully saturated rings. The van der Waals surface area contributed by atoms with Crippen LogP contribution in [0.1, 0.15) is 36.1 Å². The molecule has 0 spiro atoms. The van der Waals surface area contributed by atoms with Gasteiger partial charge in [-0.25, -0.2) is 0 Å². The molecule has 100 valence electrons. The maximum atomic E-state index is 5.67. The van der Waals surface area contributed by atoms with Gasteiger partial charge in [-0.1, -0.05) is 6.42 Å². The number of aryl methyl sites for hydroxylation is 1. The number of pyridine rings is 1. The summed E-state index contributed by atoms with van der Waals surface area (Å²) in [6.07, 6.45) is 6.64. The first kappa shape index (κ1) is 13.3. The van der Waals surface area contributed by atoms with Gasteiger partial charge in [0.25, 0.3) is 0 Å². The second-order valence-corrected chi connectivity index (χ2v) is 5.21. The lowest BCUT2D eigenvalue weighted by Crippen LogP contribution is -2.45. The highest BCUT2D eigenvalue weighted by Crippen LogP contribution is 2.32. The molecule has 4 nitrogen and oxygen atoms in total. The Balaban J connectivity index is 2.17. The molecule has 0 aromatic carbocycles. The largest absolute Gasteiger partial charge is 0.496 e. The monoisotopic (exact) mass is 249 g/mol. The van der Waals surface area contributed by atoms with E-state index in [2.05, 4.69) is 17.3 Å². The van der Waals surface area contributed by atoms with Crippen molar-refractivity contribution >= 4 is 0 Å². The summed E-state index contributed by atoms with van der Waals surface area (Å²) in [4.78, 5) is 4.54. The van der Waals surface area contributed by atoms with E-state index in [-0.39, 0.29) is 0 Å². The molecule has 1 heterocycles. The van der Waals surface area contributed by atoms with E-state index in [9.17, 15) is 0 Å². The van der Waals surface area contributed by atoms with Crippen LogP contribution in [-0.2, 0) is 6.42 Å². The Morgan fingerprint density at radius 2 is 2.22 bits per heavy atom. The maximum Gasteiger partial charge on any atom is 0.128 e. The molecule has 1 aliphatic rings. The molecule has 0 radical (unpaired) electrons. The van der Waals surface area contributed by atoms with Crippen LogP contribution in [0.25, 0.3) is 0 Å². The Bertz CT molecular complexity index is 416. The van der Waals surface area contributed by atoms with Crippen LogP contribution < -0.4 is 16.0 Å². The number of aromatic nitrogens is 1. The number of rotatable bonds is 5. The molecule has 1 unspecified atom stereocenters. The minimum atomic E-state index is 0.331. The van der Waals surface area contributed by atoms with Gasteiger partial charge in [0.2, 0.25) is 0 Å². The predicted molar refractivity (Wildman–Crippen MR) is 72.4 cm³/mol. The SMILES string of the molecule is COc1c(C)cnc(CC(NN)C2CCC2)c1C. The first-order valence-corrected chi connectivity index (χ1v) is 6.62. The fourth-order valence-corrected chi connectivity index (χ4v) is 2.69. The van der Waals surface area contributed by atoms with E-state index in [4.69, 9.17) is 10.6 Å². The number of ether oxygens (including phenoxy) is 1. The minimum Gasteiger partial charge on any atom is -0.496 e. The van der Waals surface area contributed by atoms with Gasteiger partial charge in [-0.3, -0.25) is 16.3 Å². The molecular weight excluding hydrogens is 226 g/mol. The minimum absolute atomic E-state index is 0.331. The fourth-order valence-electron chi connectivity index (χ4n) is 2.69. The molecule has 0 amide bonds. The van der Waals surface area contributed by atoms with Crippen LogP contribution in [0, 0.1) is 19.8 Å². The second kappa shape index (κ2) is 5.67. The van der Waals surface area contributed by atoms with Crippen molar-refractivity contribution in [2.24, 2.45) is 11.8 Å². The lowest BCUT2D eigenvalue weighted by molar-refractivity contribution is 0.227. The van der Waals surface area contributed by atoms with E-state index in [1.165, 1.54) is 19.3 Å². The Morgan fingerprint density at radius 3 is 2.72 bits per heavy atom. The van der Waals surface area contributed by atoms with Crippen molar-refractivity contribution in [2.75, 3.05) is 7.11 Å². The molecular formula is C14H23N3O. The number of hydrogen-bond donors (Lipinski definition) is 2. The van der Waals surface area contributed by atoms with E-state index < -0.39 is 0 Å². The van der Waals surface area contributed by atoms with Crippen LogP contribution in [0.15, 0.2) is 6.20 Å². The van der Waals surface area contributed by atoms with Gasteiger partial charge < -0.3 is 4.74 Å². The summed E-state index contributed by atoms with van der Waals surface area (Å²) >= 11 is 0. The number of hydrazine groups is 1. The van der Waals surface area contributed by atoms with E-state index in [1.54, 1.807) is 7.11 Å². The molecule has 1 saturated carbocycles. The highest BCUT2D eigenvalue weighted by molar-refractivity contribution is 5.41. The van der Waals surface area contributed by atoms with Crippen molar-refractivity contribution in [3.05, 3.63) is 23.0 Å². The number of nitrogens with two attached hydrogens (primary N) is 1. The van der Waals surface area contributed by atoms with Crippen LogP contribution in [0.4, 0.5) is 0 Å². The quantitative estimate of drug-likeness (QED) is 0.618. The first-order valence-electron chi connectivity index (χ1n) is 6.62. The zero-order valence-electron chi connectivity index (χ0n) is 11.5. The average Bonchev–Trinajstić information content (AvgIpc) is 2.29. The molecule has 1 atom stereocenters.